The number of carboxylic acids is 1. The number of aliphatic hydroxyl groups excluding tert-OH is 1. The van der Waals surface area contributed by atoms with Gasteiger partial charge in [0.25, 0.3) is 0 Å². The molecule has 0 heterocycles. The van der Waals surface area contributed by atoms with Crippen molar-refractivity contribution in [3.63, 3.8) is 0 Å². The van der Waals surface area contributed by atoms with Gasteiger partial charge in [-0.15, -0.1) is 0 Å². The lowest BCUT2D eigenvalue weighted by molar-refractivity contribution is -0.139. The van der Waals surface area contributed by atoms with E-state index in [1.54, 1.807) is 24.3 Å². The van der Waals surface area contributed by atoms with E-state index in [1.807, 2.05) is 24.3 Å². The van der Waals surface area contributed by atoms with Crippen LogP contribution in [0.4, 0.5) is 10.5 Å². The minimum Gasteiger partial charge on any atom is -0.481 e. The first kappa shape index (κ1) is 24.0. The van der Waals surface area contributed by atoms with Gasteiger partial charge in [0.1, 0.15) is 6.61 Å². The van der Waals surface area contributed by atoms with E-state index in [2.05, 4.69) is 34.9 Å². The zero-order chi connectivity index (χ0) is 24.8. The first-order chi connectivity index (χ1) is 16.9. The summed E-state index contributed by atoms with van der Waals surface area (Å²) in [5.74, 6) is -1.50. The van der Waals surface area contributed by atoms with Crippen LogP contribution in [-0.2, 0) is 20.7 Å². The number of anilines is 1. The maximum absolute atomic E-state index is 12.4. The lowest BCUT2D eigenvalue weighted by Gasteiger charge is -2.14. The second-order valence-electron chi connectivity index (χ2n) is 8.38. The first-order valence-corrected chi connectivity index (χ1v) is 11.3. The van der Waals surface area contributed by atoms with Crippen LogP contribution >= 0.6 is 0 Å². The summed E-state index contributed by atoms with van der Waals surface area (Å²) in [6.07, 6.45) is -2.08. The van der Waals surface area contributed by atoms with Crippen molar-refractivity contribution in [3.8, 4) is 11.1 Å². The Bertz CT molecular complexity index is 1180. The number of carbonyl (C=O) groups is 3. The minimum atomic E-state index is -1.14. The van der Waals surface area contributed by atoms with Crippen LogP contribution in [0, 0.1) is 0 Å². The molecule has 0 spiro atoms. The molecule has 0 saturated carbocycles. The molecule has 35 heavy (non-hydrogen) atoms. The Hall–Kier alpha value is -4.17. The van der Waals surface area contributed by atoms with Gasteiger partial charge in [0.15, 0.2) is 0 Å². The number of fused-ring (bicyclic) bond motifs is 3. The summed E-state index contributed by atoms with van der Waals surface area (Å²) in [7, 11) is 0. The van der Waals surface area contributed by atoms with Crippen LogP contribution in [-0.4, -0.2) is 47.4 Å². The molecule has 0 aromatic heterocycles. The summed E-state index contributed by atoms with van der Waals surface area (Å²) < 4.78 is 5.54. The molecule has 1 atom stereocenters. The van der Waals surface area contributed by atoms with Crippen molar-refractivity contribution < 1.29 is 29.3 Å². The summed E-state index contributed by atoms with van der Waals surface area (Å²) in [6, 6.07) is 23.0. The topological polar surface area (TPSA) is 125 Å². The Balaban J connectivity index is 1.27. The molecule has 2 amide bonds. The minimum absolute atomic E-state index is 0.0249. The highest BCUT2D eigenvalue weighted by atomic mass is 16.5. The van der Waals surface area contributed by atoms with E-state index >= 15 is 0 Å². The first-order valence-electron chi connectivity index (χ1n) is 11.3. The monoisotopic (exact) mass is 474 g/mol. The number of hydrogen-bond donors (Lipinski definition) is 4. The third-order valence-corrected chi connectivity index (χ3v) is 5.85. The van der Waals surface area contributed by atoms with Gasteiger partial charge in [-0.2, -0.15) is 0 Å². The van der Waals surface area contributed by atoms with Crippen LogP contribution in [0.15, 0.2) is 72.8 Å². The molecule has 1 aliphatic rings. The molecular weight excluding hydrogens is 448 g/mol. The van der Waals surface area contributed by atoms with Crippen molar-refractivity contribution in [2.45, 2.75) is 24.9 Å². The highest BCUT2D eigenvalue weighted by Gasteiger charge is 2.29. The van der Waals surface area contributed by atoms with Crippen LogP contribution < -0.4 is 10.6 Å². The average molecular weight is 475 g/mol. The fourth-order valence-corrected chi connectivity index (χ4v) is 4.21. The molecule has 4 N–H and O–H groups in total. The Labute approximate surface area is 202 Å². The second-order valence-corrected chi connectivity index (χ2v) is 8.38. The van der Waals surface area contributed by atoms with Crippen LogP contribution in [0.1, 0.15) is 29.0 Å². The van der Waals surface area contributed by atoms with Crippen LogP contribution in [0.5, 0.6) is 0 Å². The number of nitrogens with one attached hydrogen (secondary N) is 2. The molecule has 3 aromatic rings. The molecule has 3 aromatic carbocycles. The Morgan fingerprint density at radius 1 is 0.886 bits per heavy atom. The Morgan fingerprint density at radius 2 is 1.49 bits per heavy atom. The second kappa shape index (κ2) is 10.8. The smallest absolute Gasteiger partial charge is 0.411 e. The van der Waals surface area contributed by atoms with Gasteiger partial charge in [0.05, 0.1) is 18.9 Å². The van der Waals surface area contributed by atoms with E-state index in [4.69, 9.17) is 9.84 Å². The molecule has 4 rings (SSSR count). The third-order valence-electron chi connectivity index (χ3n) is 5.85. The van der Waals surface area contributed by atoms with Crippen molar-refractivity contribution >= 4 is 23.7 Å². The zero-order valence-corrected chi connectivity index (χ0v) is 18.9. The predicted octanol–water partition coefficient (Wildman–Crippen LogP) is 3.54. The largest absolute Gasteiger partial charge is 0.481 e. The summed E-state index contributed by atoms with van der Waals surface area (Å²) in [5, 5.41) is 23.3. The lowest BCUT2D eigenvalue weighted by Crippen LogP contribution is -2.34. The summed E-state index contributed by atoms with van der Waals surface area (Å²) >= 11 is 0. The number of aliphatic carboxylic acids is 1. The van der Waals surface area contributed by atoms with Crippen molar-refractivity contribution in [1.29, 1.82) is 0 Å². The number of rotatable bonds is 9. The molecule has 1 unspecified atom stereocenters. The van der Waals surface area contributed by atoms with E-state index in [9.17, 15) is 19.5 Å². The normalized spacial score (nSPS) is 12.8. The fourth-order valence-electron chi connectivity index (χ4n) is 4.21. The highest BCUT2D eigenvalue weighted by Crippen LogP contribution is 2.44. The molecule has 8 nitrogen and oxygen atoms in total. The van der Waals surface area contributed by atoms with Gasteiger partial charge in [-0.1, -0.05) is 60.7 Å². The molecule has 0 bridgehead atoms. The maximum Gasteiger partial charge on any atom is 0.411 e. The number of hydrogen-bond acceptors (Lipinski definition) is 5. The molecule has 180 valence electrons. The van der Waals surface area contributed by atoms with Crippen molar-refractivity contribution in [2.24, 2.45) is 0 Å². The van der Waals surface area contributed by atoms with E-state index < -0.39 is 24.6 Å². The number of aliphatic hydroxyl groups is 1. The number of carbonyl (C=O) groups excluding carboxylic acids is 2. The number of carboxylic acid groups (broad SMARTS) is 1. The van der Waals surface area contributed by atoms with E-state index in [0.29, 0.717) is 11.3 Å². The van der Waals surface area contributed by atoms with Gasteiger partial charge in [-0.3, -0.25) is 14.9 Å². The highest BCUT2D eigenvalue weighted by molar-refractivity contribution is 5.85. The van der Waals surface area contributed by atoms with Crippen LogP contribution in [0.2, 0.25) is 0 Å². The predicted molar refractivity (Wildman–Crippen MR) is 130 cm³/mol. The number of benzene rings is 3. The summed E-state index contributed by atoms with van der Waals surface area (Å²) in [4.78, 5) is 35.0. The molecule has 0 fully saturated rings. The molecule has 0 aliphatic heterocycles. The van der Waals surface area contributed by atoms with Gasteiger partial charge >= 0.3 is 12.1 Å². The summed E-state index contributed by atoms with van der Waals surface area (Å²) in [6.45, 7) is 0.0817. The Morgan fingerprint density at radius 3 is 2.09 bits per heavy atom. The average Bonchev–Trinajstić information content (AvgIpc) is 3.16. The van der Waals surface area contributed by atoms with Crippen LogP contribution in [0.3, 0.4) is 0 Å². The van der Waals surface area contributed by atoms with E-state index in [1.165, 1.54) is 0 Å². The Kier molecular flexibility index (Phi) is 7.42. The molecule has 0 saturated heterocycles. The zero-order valence-electron chi connectivity index (χ0n) is 18.9. The maximum atomic E-state index is 12.4. The van der Waals surface area contributed by atoms with Gasteiger partial charge in [0, 0.05) is 18.2 Å². The quantitative estimate of drug-likeness (QED) is 0.376. The van der Waals surface area contributed by atoms with Gasteiger partial charge in [-0.25, -0.2) is 4.79 Å². The lowest BCUT2D eigenvalue weighted by atomic mass is 9.98. The number of ether oxygens (including phenoxy) is 1. The SMILES string of the molecule is O=C(O)CC(O)CNC(=O)Cc1ccc(NC(=O)OCC2c3ccccc3-c3ccccc32)cc1. The molecule has 8 heteroatoms. The third kappa shape index (κ3) is 6.04. The van der Waals surface area contributed by atoms with Crippen LogP contribution in [0.25, 0.3) is 11.1 Å². The standard InChI is InChI=1S/C27H26N2O6/c30-19(14-26(32)33)15-28-25(31)13-17-9-11-18(12-10-17)29-27(34)35-16-24-22-7-3-1-5-20(22)21-6-2-4-8-23(21)24/h1-12,19,24,30H,13-16H2,(H,28,31)(H,29,34)(H,32,33). The molecular formula is C27H26N2O6. The van der Waals surface area contributed by atoms with Crippen molar-refractivity contribution in [1.82, 2.24) is 5.32 Å². The molecule has 1 aliphatic carbocycles. The van der Waals surface area contributed by atoms with E-state index in [-0.39, 0.29) is 31.4 Å². The molecule has 0 radical (unpaired) electrons. The van der Waals surface area contributed by atoms with E-state index in [0.717, 1.165) is 22.3 Å². The van der Waals surface area contributed by atoms with Gasteiger partial charge in [0.2, 0.25) is 5.91 Å². The van der Waals surface area contributed by atoms with Gasteiger partial charge < -0.3 is 20.3 Å². The van der Waals surface area contributed by atoms with Gasteiger partial charge in [-0.05, 0) is 39.9 Å². The summed E-state index contributed by atoms with van der Waals surface area (Å²) in [5.41, 5.74) is 5.83. The number of amides is 2. The van der Waals surface area contributed by atoms with Crippen molar-refractivity contribution in [2.75, 3.05) is 18.5 Å². The fraction of sp³-hybridized carbons (Fsp3) is 0.222. The van der Waals surface area contributed by atoms with Crippen molar-refractivity contribution in [3.05, 3.63) is 89.5 Å².